The molecule has 26 heavy (non-hydrogen) atoms. The smallest absolute Gasteiger partial charge is 0.325 e. The maximum atomic E-state index is 12.2. The molecule has 0 aliphatic rings. The number of rotatable bonds is 7. The number of ether oxygens (including phenoxy) is 2. The molecule has 0 saturated carbocycles. The Hall–Kier alpha value is -3.35. The number of nitrogens with zero attached hydrogens (tertiary/aromatic N) is 2. The molecule has 0 bridgehead atoms. The van der Waals surface area contributed by atoms with Gasteiger partial charge in [0.15, 0.2) is 0 Å². The lowest BCUT2D eigenvalue weighted by atomic mass is 10.3. The number of fused-ring (bicyclic) bond motifs is 1. The number of benzene rings is 2. The van der Waals surface area contributed by atoms with Crippen molar-refractivity contribution in [3.8, 4) is 5.75 Å². The fraction of sp³-hybridized carbons (Fsp3) is 0.211. The Morgan fingerprint density at radius 3 is 2.58 bits per heavy atom. The van der Waals surface area contributed by atoms with Gasteiger partial charge in [-0.1, -0.05) is 30.3 Å². The van der Waals surface area contributed by atoms with E-state index >= 15 is 0 Å². The highest BCUT2D eigenvalue weighted by Gasteiger charge is 2.14. The molecule has 1 N–H and O–H groups in total. The van der Waals surface area contributed by atoms with Crippen LogP contribution in [0.2, 0.25) is 0 Å². The van der Waals surface area contributed by atoms with Crippen LogP contribution in [0.5, 0.6) is 5.75 Å². The van der Waals surface area contributed by atoms with Crippen LogP contribution >= 0.6 is 0 Å². The summed E-state index contributed by atoms with van der Waals surface area (Å²) in [6.07, 6.45) is 0. The summed E-state index contributed by atoms with van der Waals surface area (Å²) in [7, 11) is 1.27. The minimum absolute atomic E-state index is 0.0327. The van der Waals surface area contributed by atoms with Gasteiger partial charge >= 0.3 is 5.97 Å². The van der Waals surface area contributed by atoms with Gasteiger partial charge in [-0.15, -0.1) is 0 Å². The van der Waals surface area contributed by atoms with Crippen molar-refractivity contribution >= 4 is 22.9 Å². The Bertz CT molecular complexity index is 906. The molecule has 2 aromatic carbocycles. The van der Waals surface area contributed by atoms with Gasteiger partial charge in [-0.3, -0.25) is 9.59 Å². The zero-order valence-electron chi connectivity index (χ0n) is 14.3. The van der Waals surface area contributed by atoms with Gasteiger partial charge in [0, 0.05) is 0 Å². The molecule has 1 heterocycles. The van der Waals surface area contributed by atoms with E-state index in [9.17, 15) is 9.59 Å². The summed E-state index contributed by atoms with van der Waals surface area (Å²) in [5.41, 5.74) is 1.60. The van der Waals surface area contributed by atoms with E-state index in [-0.39, 0.29) is 25.6 Å². The van der Waals surface area contributed by atoms with Gasteiger partial charge in [-0.2, -0.15) is 0 Å². The van der Waals surface area contributed by atoms with Gasteiger partial charge < -0.3 is 19.4 Å². The third-order valence-corrected chi connectivity index (χ3v) is 3.80. The number of carbonyl (C=O) groups is 2. The minimum atomic E-state index is -0.499. The number of methoxy groups -OCH3 is 1. The first-order valence-electron chi connectivity index (χ1n) is 8.13. The molecule has 1 amide bonds. The molecule has 3 aromatic rings. The fourth-order valence-corrected chi connectivity index (χ4v) is 2.52. The third-order valence-electron chi connectivity index (χ3n) is 3.80. The molecule has 0 aliphatic heterocycles. The van der Waals surface area contributed by atoms with Crippen molar-refractivity contribution in [1.82, 2.24) is 14.9 Å². The van der Waals surface area contributed by atoms with Crippen LogP contribution in [0.4, 0.5) is 0 Å². The number of para-hydroxylation sites is 3. The highest BCUT2D eigenvalue weighted by Crippen LogP contribution is 2.18. The number of imidazole rings is 1. The van der Waals surface area contributed by atoms with E-state index in [1.165, 1.54) is 7.11 Å². The summed E-state index contributed by atoms with van der Waals surface area (Å²) in [5, 5.41) is 2.53. The molecule has 7 heteroatoms. The van der Waals surface area contributed by atoms with Crippen molar-refractivity contribution in [3.05, 3.63) is 60.4 Å². The Morgan fingerprint density at radius 1 is 1.08 bits per heavy atom. The molecule has 134 valence electrons. The summed E-state index contributed by atoms with van der Waals surface area (Å²) in [6, 6.07) is 16.9. The normalized spacial score (nSPS) is 10.5. The van der Waals surface area contributed by atoms with Crippen LogP contribution < -0.4 is 10.1 Å². The van der Waals surface area contributed by atoms with Crippen LogP contribution in [0, 0.1) is 0 Å². The van der Waals surface area contributed by atoms with Crippen LogP contribution in [-0.2, 0) is 27.5 Å². The molecule has 0 fully saturated rings. The van der Waals surface area contributed by atoms with Gasteiger partial charge in [-0.05, 0) is 24.3 Å². The Balaban J connectivity index is 1.78. The Kier molecular flexibility index (Phi) is 5.48. The SMILES string of the molecule is COC(=O)CNC(=O)Cn1c(COc2ccccc2)nc2ccccc21. The number of nitrogens with one attached hydrogen (secondary N) is 1. The molecular weight excluding hydrogens is 334 g/mol. The summed E-state index contributed by atoms with van der Waals surface area (Å²) in [5.74, 6) is 0.547. The number of hydrogen-bond donors (Lipinski definition) is 1. The quantitative estimate of drug-likeness (QED) is 0.656. The van der Waals surface area contributed by atoms with Gasteiger partial charge in [-0.25, -0.2) is 4.98 Å². The first-order chi connectivity index (χ1) is 12.7. The van der Waals surface area contributed by atoms with E-state index in [2.05, 4.69) is 15.0 Å². The molecule has 0 aliphatic carbocycles. The predicted molar refractivity (Wildman–Crippen MR) is 95.5 cm³/mol. The number of esters is 1. The van der Waals surface area contributed by atoms with E-state index in [1.807, 2.05) is 54.6 Å². The van der Waals surface area contributed by atoms with E-state index < -0.39 is 5.97 Å². The number of amides is 1. The van der Waals surface area contributed by atoms with Crippen LogP contribution in [0.1, 0.15) is 5.82 Å². The van der Waals surface area contributed by atoms with Crippen molar-refractivity contribution in [1.29, 1.82) is 0 Å². The molecule has 0 atom stereocenters. The van der Waals surface area contributed by atoms with Crippen LogP contribution in [-0.4, -0.2) is 35.1 Å². The van der Waals surface area contributed by atoms with Crippen LogP contribution in [0.25, 0.3) is 11.0 Å². The predicted octanol–water partition coefficient (Wildman–Crippen LogP) is 1.90. The second-order valence-corrected chi connectivity index (χ2v) is 5.56. The lowest BCUT2D eigenvalue weighted by Crippen LogP contribution is -2.33. The lowest BCUT2D eigenvalue weighted by Gasteiger charge is -2.10. The number of carbonyl (C=O) groups excluding carboxylic acids is 2. The van der Waals surface area contributed by atoms with Crippen molar-refractivity contribution in [2.24, 2.45) is 0 Å². The van der Waals surface area contributed by atoms with Gasteiger partial charge in [0.25, 0.3) is 0 Å². The van der Waals surface area contributed by atoms with E-state index in [1.54, 1.807) is 4.57 Å². The summed E-state index contributed by atoms with van der Waals surface area (Å²) >= 11 is 0. The average Bonchev–Trinajstić information content (AvgIpc) is 3.02. The molecule has 7 nitrogen and oxygen atoms in total. The van der Waals surface area contributed by atoms with E-state index in [0.717, 1.165) is 16.8 Å². The second kappa shape index (κ2) is 8.15. The lowest BCUT2D eigenvalue weighted by molar-refractivity contribution is -0.141. The maximum absolute atomic E-state index is 12.2. The largest absolute Gasteiger partial charge is 0.486 e. The monoisotopic (exact) mass is 353 g/mol. The molecule has 0 saturated heterocycles. The number of aromatic nitrogens is 2. The van der Waals surface area contributed by atoms with E-state index in [4.69, 9.17) is 4.74 Å². The Morgan fingerprint density at radius 2 is 1.81 bits per heavy atom. The highest BCUT2D eigenvalue weighted by atomic mass is 16.5. The third kappa shape index (κ3) is 4.18. The molecule has 1 aromatic heterocycles. The average molecular weight is 353 g/mol. The second-order valence-electron chi connectivity index (χ2n) is 5.56. The minimum Gasteiger partial charge on any atom is -0.486 e. The topological polar surface area (TPSA) is 82.5 Å². The van der Waals surface area contributed by atoms with Crippen LogP contribution in [0.3, 0.4) is 0 Å². The zero-order valence-corrected chi connectivity index (χ0v) is 14.3. The summed E-state index contributed by atoms with van der Waals surface area (Å²) in [6.45, 7) is 0.0891. The van der Waals surface area contributed by atoms with E-state index in [0.29, 0.717) is 5.82 Å². The molecule has 0 spiro atoms. The van der Waals surface area contributed by atoms with Crippen molar-refractivity contribution in [3.63, 3.8) is 0 Å². The first kappa shape index (κ1) is 17.5. The maximum Gasteiger partial charge on any atom is 0.325 e. The summed E-state index contributed by atoms with van der Waals surface area (Å²) in [4.78, 5) is 27.9. The van der Waals surface area contributed by atoms with Gasteiger partial charge in [0.05, 0.1) is 18.1 Å². The summed E-state index contributed by atoms with van der Waals surface area (Å²) < 4.78 is 12.1. The van der Waals surface area contributed by atoms with Gasteiger partial charge in [0.1, 0.15) is 31.3 Å². The van der Waals surface area contributed by atoms with Crippen molar-refractivity contribution in [2.75, 3.05) is 13.7 Å². The van der Waals surface area contributed by atoms with Crippen molar-refractivity contribution < 1.29 is 19.1 Å². The fourth-order valence-electron chi connectivity index (χ4n) is 2.52. The molecule has 0 radical (unpaired) electrons. The van der Waals surface area contributed by atoms with Gasteiger partial charge in [0.2, 0.25) is 5.91 Å². The highest BCUT2D eigenvalue weighted by molar-refractivity contribution is 5.84. The molecular formula is C19H19N3O4. The first-order valence-corrected chi connectivity index (χ1v) is 8.13. The molecule has 0 unspecified atom stereocenters. The number of hydrogen-bond acceptors (Lipinski definition) is 5. The molecule has 3 rings (SSSR count). The van der Waals surface area contributed by atoms with Crippen molar-refractivity contribution in [2.45, 2.75) is 13.2 Å². The standard InChI is InChI=1S/C19H19N3O4/c1-25-19(24)11-20-18(23)12-22-16-10-6-5-9-15(16)21-17(22)13-26-14-7-3-2-4-8-14/h2-10H,11-13H2,1H3,(H,20,23). The zero-order chi connectivity index (χ0) is 18.4. The Labute approximate surface area is 150 Å². The van der Waals surface area contributed by atoms with Crippen LogP contribution in [0.15, 0.2) is 54.6 Å².